The number of ether oxygens (including phenoxy) is 1. The van der Waals surface area contributed by atoms with Crippen LogP contribution in [-0.4, -0.2) is 24.5 Å². The molecule has 146 valence electrons. The van der Waals surface area contributed by atoms with Gasteiger partial charge in [-0.3, -0.25) is 9.52 Å². The Morgan fingerprint density at radius 2 is 1.79 bits per heavy atom. The van der Waals surface area contributed by atoms with Gasteiger partial charge in [-0.15, -0.1) is 10.2 Å². The molecule has 0 fully saturated rings. The van der Waals surface area contributed by atoms with Crippen LogP contribution in [0.15, 0.2) is 58.9 Å². The minimum Gasteiger partial charge on any atom is -0.489 e. The van der Waals surface area contributed by atoms with Crippen molar-refractivity contribution in [2.75, 3.05) is 10.0 Å². The molecule has 8 nitrogen and oxygen atoms in total. The lowest BCUT2D eigenvalue weighted by Crippen LogP contribution is -2.12. The quantitative estimate of drug-likeness (QED) is 0.543. The van der Waals surface area contributed by atoms with Gasteiger partial charge in [-0.1, -0.05) is 48.6 Å². The molecule has 0 atom stereocenters. The lowest BCUT2D eigenvalue weighted by atomic mass is 10.2. The van der Waals surface area contributed by atoms with E-state index in [4.69, 9.17) is 4.74 Å². The Hall–Kier alpha value is -2.98. The van der Waals surface area contributed by atoms with E-state index in [2.05, 4.69) is 20.2 Å². The van der Waals surface area contributed by atoms with Gasteiger partial charge in [0.2, 0.25) is 11.0 Å². The maximum Gasteiger partial charge on any atom is 0.291 e. The molecule has 0 saturated heterocycles. The van der Waals surface area contributed by atoms with E-state index >= 15 is 0 Å². The van der Waals surface area contributed by atoms with Crippen molar-refractivity contribution in [1.82, 2.24) is 10.2 Å². The predicted molar refractivity (Wildman–Crippen MR) is 107 cm³/mol. The van der Waals surface area contributed by atoms with Crippen molar-refractivity contribution < 1.29 is 17.9 Å². The number of sulfonamides is 1. The van der Waals surface area contributed by atoms with Gasteiger partial charge in [-0.2, -0.15) is 8.42 Å². The highest BCUT2D eigenvalue weighted by atomic mass is 32.2. The van der Waals surface area contributed by atoms with Crippen LogP contribution in [0.5, 0.6) is 5.75 Å². The first-order valence-corrected chi connectivity index (χ1v) is 10.7. The van der Waals surface area contributed by atoms with Gasteiger partial charge in [0.05, 0.1) is 0 Å². The summed E-state index contributed by atoms with van der Waals surface area (Å²) in [6.45, 7) is 2.10. The number of benzene rings is 2. The maximum absolute atomic E-state index is 12.4. The van der Waals surface area contributed by atoms with Crippen LogP contribution in [0.2, 0.25) is 0 Å². The molecule has 3 aromatic rings. The summed E-state index contributed by atoms with van der Waals surface area (Å²) in [5, 5.41) is 9.92. The normalized spacial score (nSPS) is 11.0. The number of anilines is 2. The summed E-state index contributed by atoms with van der Waals surface area (Å²) < 4.78 is 32.7. The van der Waals surface area contributed by atoms with E-state index in [9.17, 15) is 13.2 Å². The first-order chi connectivity index (χ1) is 13.5. The van der Waals surface area contributed by atoms with E-state index in [0.29, 0.717) is 18.0 Å². The number of rotatable bonds is 8. The van der Waals surface area contributed by atoms with Crippen LogP contribution < -0.4 is 14.8 Å². The van der Waals surface area contributed by atoms with Crippen molar-refractivity contribution in [2.24, 2.45) is 0 Å². The Bertz CT molecular complexity index is 1030. The van der Waals surface area contributed by atoms with Crippen molar-refractivity contribution in [3.05, 3.63) is 60.2 Å². The van der Waals surface area contributed by atoms with Crippen LogP contribution in [0.1, 0.15) is 18.9 Å². The van der Waals surface area contributed by atoms with Gasteiger partial charge in [0.1, 0.15) is 12.4 Å². The van der Waals surface area contributed by atoms with E-state index in [1.54, 1.807) is 31.2 Å². The summed E-state index contributed by atoms with van der Waals surface area (Å²) in [6, 6.07) is 16.3. The molecule has 0 aliphatic rings. The molecule has 0 bridgehead atoms. The number of carbonyl (C=O) groups is 1. The molecule has 3 rings (SSSR count). The van der Waals surface area contributed by atoms with Crippen LogP contribution in [0.25, 0.3) is 0 Å². The van der Waals surface area contributed by atoms with Gasteiger partial charge >= 0.3 is 0 Å². The summed E-state index contributed by atoms with van der Waals surface area (Å²) >= 11 is 0.782. The molecule has 1 amide bonds. The van der Waals surface area contributed by atoms with Gasteiger partial charge in [0.25, 0.3) is 14.4 Å². The van der Waals surface area contributed by atoms with Crippen LogP contribution >= 0.6 is 11.3 Å². The molecule has 0 aliphatic carbocycles. The number of nitrogens with one attached hydrogen (secondary N) is 2. The summed E-state index contributed by atoms with van der Waals surface area (Å²) in [7, 11) is -3.90. The molecule has 0 spiro atoms. The van der Waals surface area contributed by atoms with Crippen LogP contribution in [0.4, 0.5) is 10.8 Å². The topological polar surface area (TPSA) is 110 Å². The number of hydrogen-bond donors (Lipinski definition) is 2. The molecule has 10 heteroatoms. The third kappa shape index (κ3) is 5.27. The highest BCUT2D eigenvalue weighted by Gasteiger charge is 2.21. The van der Waals surface area contributed by atoms with E-state index in [1.807, 2.05) is 30.3 Å². The molecule has 1 aromatic heterocycles. The fourth-order valence-corrected chi connectivity index (χ4v) is 4.11. The number of carbonyl (C=O) groups excluding carboxylic acids is 1. The number of hydrogen-bond acceptors (Lipinski definition) is 7. The lowest BCUT2D eigenvalue weighted by molar-refractivity contribution is -0.115. The smallest absolute Gasteiger partial charge is 0.291 e. The molecule has 1 heterocycles. The zero-order valence-corrected chi connectivity index (χ0v) is 16.6. The van der Waals surface area contributed by atoms with E-state index < -0.39 is 10.0 Å². The Labute approximate surface area is 166 Å². The maximum atomic E-state index is 12.4. The van der Waals surface area contributed by atoms with Crippen LogP contribution in [0.3, 0.4) is 0 Å². The third-order valence-electron chi connectivity index (χ3n) is 3.56. The summed E-state index contributed by atoms with van der Waals surface area (Å²) in [4.78, 5) is 11.4. The Morgan fingerprint density at radius 1 is 1.07 bits per heavy atom. The lowest BCUT2D eigenvalue weighted by Gasteiger charge is -2.08. The molecule has 0 unspecified atom stereocenters. The SMILES string of the molecule is CCC(=O)Nc1nnc(S(=O)(=O)Nc2ccc(OCc3ccccc3)cc2)s1. The number of nitrogens with zero attached hydrogens (tertiary/aromatic N) is 2. The minimum absolute atomic E-state index is 0.136. The molecular weight excluding hydrogens is 400 g/mol. The fourth-order valence-electron chi connectivity index (χ4n) is 2.14. The van der Waals surface area contributed by atoms with Gasteiger partial charge in [-0.05, 0) is 29.8 Å². The van der Waals surface area contributed by atoms with Gasteiger partial charge in [0.15, 0.2) is 0 Å². The summed E-state index contributed by atoms with van der Waals surface area (Å²) in [6.07, 6.45) is 0.263. The molecule has 2 N–H and O–H groups in total. The highest BCUT2D eigenvalue weighted by Crippen LogP contribution is 2.24. The van der Waals surface area contributed by atoms with Crippen molar-refractivity contribution in [1.29, 1.82) is 0 Å². The first kappa shape index (κ1) is 19.8. The fraction of sp³-hybridized carbons (Fsp3) is 0.167. The standard InChI is InChI=1S/C18H18N4O4S2/c1-2-16(23)19-17-20-21-18(27-17)28(24,25)22-14-8-10-15(11-9-14)26-12-13-6-4-3-5-7-13/h3-11,22H,2,12H2,1H3,(H,19,20,23). The van der Waals surface area contributed by atoms with Crippen LogP contribution in [-0.2, 0) is 21.4 Å². The zero-order valence-electron chi connectivity index (χ0n) is 15.0. The average molecular weight is 419 g/mol. The first-order valence-electron chi connectivity index (χ1n) is 8.39. The van der Waals surface area contributed by atoms with Crippen molar-refractivity contribution in [2.45, 2.75) is 24.3 Å². The molecule has 0 saturated carbocycles. The molecule has 28 heavy (non-hydrogen) atoms. The van der Waals surface area contributed by atoms with Crippen molar-refractivity contribution >= 4 is 38.1 Å². The molecule has 0 radical (unpaired) electrons. The average Bonchev–Trinajstić information content (AvgIpc) is 3.17. The predicted octanol–water partition coefficient (Wildman–Crippen LogP) is 3.27. The molecule has 0 aliphatic heterocycles. The second-order valence-electron chi connectivity index (χ2n) is 5.68. The molecular formula is C18H18N4O4S2. The second kappa shape index (κ2) is 8.81. The largest absolute Gasteiger partial charge is 0.489 e. The van der Waals surface area contributed by atoms with E-state index in [0.717, 1.165) is 16.9 Å². The Kier molecular flexibility index (Phi) is 6.22. The monoisotopic (exact) mass is 418 g/mol. The van der Waals surface area contributed by atoms with Gasteiger partial charge in [-0.25, -0.2) is 0 Å². The third-order valence-corrected chi connectivity index (χ3v) is 6.15. The van der Waals surface area contributed by atoms with Gasteiger partial charge < -0.3 is 10.1 Å². The Morgan fingerprint density at radius 3 is 2.46 bits per heavy atom. The summed E-state index contributed by atoms with van der Waals surface area (Å²) in [5.74, 6) is 0.353. The zero-order chi connectivity index (χ0) is 20.0. The molecule has 2 aromatic carbocycles. The van der Waals surface area contributed by atoms with E-state index in [1.165, 1.54) is 0 Å². The summed E-state index contributed by atoms with van der Waals surface area (Å²) in [5.41, 5.74) is 1.40. The van der Waals surface area contributed by atoms with Crippen molar-refractivity contribution in [3.8, 4) is 5.75 Å². The minimum atomic E-state index is -3.90. The van der Waals surface area contributed by atoms with Gasteiger partial charge in [0, 0.05) is 12.1 Å². The number of aromatic nitrogens is 2. The van der Waals surface area contributed by atoms with E-state index in [-0.39, 0.29) is 21.8 Å². The highest BCUT2D eigenvalue weighted by molar-refractivity contribution is 7.94. The Balaban J connectivity index is 1.62. The second-order valence-corrected chi connectivity index (χ2v) is 8.51. The van der Waals surface area contributed by atoms with Crippen molar-refractivity contribution in [3.63, 3.8) is 0 Å². The van der Waals surface area contributed by atoms with Crippen LogP contribution in [0, 0.1) is 0 Å². The number of amides is 1.